The van der Waals surface area contributed by atoms with Crippen molar-refractivity contribution in [3.63, 3.8) is 0 Å². The maximum atomic E-state index is 13.3. The monoisotopic (exact) mass is 447 g/mol. The Bertz CT molecular complexity index is 1260. The Morgan fingerprint density at radius 2 is 2.00 bits per heavy atom. The Morgan fingerprint density at radius 3 is 2.67 bits per heavy atom. The minimum absolute atomic E-state index is 0.0104. The molecule has 0 bridgehead atoms. The number of hydrogen-bond acceptors (Lipinski definition) is 6. The van der Waals surface area contributed by atoms with E-state index >= 15 is 0 Å². The number of anilines is 2. The molecular weight excluding hydrogens is 433 g/mol. The highest BCUT2D eigenvalue weighted by molar-refractivity contribution is 7.90. The van der Waals surface area contributed by atoms with E-state index in [9.17, 15) is 17.6 Å². The van der Waals surface area contributed by atoms with Crippen LogP contribution in [0, 0.1) is 5.82 Å². The predicted molar refractivity (Wildman–Crippen MR) is 112 cm³/mol. The van der Waals surface area contributed by atoms with E-state index in [1.807, 2.05) is 0 Å². The van der Waals surface area contributed by atoms with Crippen LogP contribution in [-0.4, -0.2) is 35.7 Å². The van der Waals surface area contributed by atoms with E-state index in [1.165, 1.54) is 24.4 Å². The summed E-state index contributed by atoms with van der Waals surface area (Å²) in [5.41, 5.74) is 1.71. The summed E-state index contributed by atoms with van der Waals surface area (Å²) in [7, 11) is -3.74. The lowest BCUT2D eigenvalue weighted by molar-refractivity contribution is -0.131. The molecule has 3 aromatic rings. The van der Waals surface area contributed by atoms with Crippen molar-refractivity contribution in [3.05, 3.63) is 71.1 Å². The fourth-order valence-corrected chi connectivity index (χ4v) is 3.59. The van der Waals surface area contributed by atoms with Gasteiger partial charge in [0.15, 0.2) is 14.9 Å². The first kappa shape index (κ1) is 21.4. The van der Waals surface area contributed by atoms with Crippen LogP contribution in [0.5, 0.6) is 0 Å². The zero-order valence-electron chi connectivity index (χ0n) is 15.5. The number of carboxylic acids is 1. The van der Waals surface area contributed by atoms with Crippen LogP contribution in [0.4, 0.5) is 16.0 Å². The highest BCUT2D eigenvalue weighted by atomic mass is 35.5. The van der Waals surface area contributed by atoms with Gasteiger partial charge in [-0.2, -0.15) is 0 Å². The lowest BCUT2D eigenvalue weighted by Crippen LogP contribution is -2.07. The van der Waals surface area contributed by atoms with Gasteiger partial charge < -0.3 is 10.4 Å². The van der Waals surface area contributed by atoms with Crippen molar-refractivity contribution in [1.29, 1.82) is 0 Å². The van der Waals surface area contributed by atoms with E-state index in [4.69, 9.17) is 16.7 Å². The van der Waals surface area contributed by atoms with Gasteiger partial charge in [0, 0.05) is 29.8 Å². The van der Waals surface area contributed by atoms with Gasteiger partial charge in [-0.05, 0) is 41.5 Å². The van der Waals surface area contributed by atoms with Crippen molar-refractivity contribution in [2.24, 2.45) is 0 Å². The summed E-state index contributed by atoms with van der Waals surface area (Å²) >= 11 is 5.76. The number of rotatable bonds is 6. The first-order valence-corrected chi connectivity index (χ1v) is 10.7. The molecule has 0 atom stereocenters. The molecule has 0 spiro atoms. The van der Waals surface area contributed by atoms with Crippen molar-refractivity contribution in [2.45, 2.75) is 5.03 Å². The van der Waals surface area contributed by atoms with Crippen molar-refractivity contribution in [2.75, 3.05) is 11.6 Å². The highest BCUT2D eigenvalue weighted by Crippen LogP contribution is 2.28. The van der Waals surface area contributed by atoms with E-state index in [-0.39, 0.29) is 21.6 Å². The number of carboxylic acid groups (broad SMARTS) is 1. The van der Waals surface area contributed by atoms with Crippen molar-refractivity contribution in [3.8, 4) is 11.1 Å². The topological polar surface area (TPSA) is 109 Å². The molecule has 1 heterocycles. The fourth-order valence-electron chi connectivity index (χ4n) is 2.59. The molecule has 10 heteroatoms. The molecule has 0 saturated carbocycles. The van der Waals surface area contributed by atoms with Crippen LogP contribution in [0.1, 0.15) is 5.56 Å². The third-order valence-electron chi connectivity index (χ3n) is 3.90. The Hall–Kier alpha value is -3.30. The van der Waals surface area contributed by atoms with Crippen LogP contribution in [0.25, 0.3) is 17.2 Å². The molecule has 2 aromatic carbocycles. The van der Waals surface area contributed by atoms with Gasteiger partial charge in [-0.25, -0.2) is 27.6 Å². The fraction of sp³-hybridized carbons (Fsp3) is 0.0500. The molecule has 3 rings (SSSR count). The van der Waals surface area contributed by atoms with Crippen LogP contribution < -0.4 is 5.32 Å². The van der Waals surface area contributed by atoms with Crippen LogP contribution >= 0.6 is 11.6 Å². The number of hydrogen-bond donors (Lipinski definition) is 2. The summed E-state index contributed by atoms with van der Waals surface area (Å²) < 4.78 is 38.0. The minimum atomic E-state index is -3.74. The average molecular weight is 448 g/mol. The smallest absolute Gasteiger partial charge is 0.328 e. The maximum Gasteiger partial charge on any atom is 0.328 e. The van der Waals surface area contributed by atoms with E-state index in [0.29, 0.717) is 16.8 Å². The second kappa shape index (κ2) is 8.60. The molecule has 154 valence electrons. The Labute approximate surface area is 176 Å². The van der Waals surface area contributed by atoms with Crippen molar-refractivity contribution < 1.29 is 22.7 Å². The molecule has 0 aliphatic carbocycles. The third kappa shape index (κ3) is 5.19. The molecule has 0 aliphatic rings. The molecule has 7 nitrogen and oxygen atoms in total. The molecule has 0 aliphatic heterocycles. The van der Waals surface area contributed by atoms with Gasteiger partial charge in [0.1, 0.15) is 5.82 Å². The number of carbonyl (C=O) groups is 1. The van der Waals surface area contributed by atoms with Crippen LogP contribution in [-0.2, 0) is 14.6 Å². The van der Waals surface area contributed by atoms with Gasteiger partial charge in [0.2, 0.25) is 5.95 Å². The number of nitrogens with one attached hydrogen (secondary N) is 1. The molecule has 0 radical (unpaired) electrons. The Kier molecular flexibility index (Phi) is 6.14. The number of aliphatic carboxylic acids is 1. The molecule has 0 unspecified atom stereocenters. The molecule has 1 aromatic heterocycles. The number of sulfone groups is 1. The van der Waals surface area contributed by atoms with Gasteiger partial charge >= 0.3 is 5.97 Å². The SMILES string of the molecule is CS(=O)(=O)c1nc(Nc2ccc(F)c(Cl)c2)ncc1-c1cccc(C=CC(=O)O)c1. The highest BCUT2D eigenvalue weighted by Gasteiger charge is 2.19. The van der Waals surface area contributed by atoms with Crippen LogP contribution in [0.2, 0.25) is 5.02 Å². The van der Waals surface area contributed by atoms with Crippen LogP contribution in [0.15, 0.2) is 59.8 Å². The summed E-state index contributed by atoms with van der Waals surface area (Å²) in [6, 6.07) is 10.5. The van der Waals surface area contributed by atoms with Crippen molar-refractivity contribution in [1.82, 2.24) is 9.97 Å². The molecule has 0 fully saturated rings. The number of aromatic nitrogens is 2. The van der Waals surface area contributed by atoms with E-state index in [2.05, 4.69) is 15.3 Å². The van der Waals surface area contributed by atoms with E-state index in [0.717, 1.165) is 18.4 Å². The predicted octanol–water partition coefficient (Wildman–Crippen LogP) is 4.18. The normalized spacial score (nSPS) is 11.6. The zero-order chi connectivity index (χ0) is 21.9. The van der Waals surface area contributed by atoms with Crippen LogP contribution in [0.3, 0.4) is 0 Å². The van der Waals surface area contributed by atoms with Gasteiger partial charge in [0.05, 0.1) is 5.02 Å². The number of benzene rings is 2. The molecular formula is C20H15ClFN3O4S. The summed E-state index contributed by atoms with van der Waals surface area (Å²) in [4.78, 5) is 19.0. The number of halogens is 2. The Morgan fingerprint density at radius 1 is 1.23 bits per heavy atom. The summed E-state index contributed by atoms with van der Waals surface area (Å²) in [5, 5.41) is 11.2. The molecule has 2 N–H and O–H groups in total. The van der Waals surface area contributed by atoms with E-state index < -0.39 is 21.6 Å². The standard InChI is InChI=1S/C20H15ClFN3O4S/c1-30(28,29)19-15(13-4-2-3-12(9-13)5-8-18(26)27)11-23-20(25-19)24-14-6-7-17(22)16(21)10-14/h2-11H,1H3,(H,26,27)(H,23,24,25). The van der Waals surface area contributed by atoms with Gasteiger partial charge in [0.25, 0.3) is 0 Å². The second-order valence-electron chi connectivity index (χ2n) is 6.24. The van der Waals surface area contributed by atoms with Gasteiger partial charge in [-0.15, -0.1) is 0 Å². The quantitative estimate of drug-likeness (QED) is 0.431. The summed E-state index contributed by atoms with van der Waals surface area (Å²) in [6.45, 7) is 0. The summed E-state index contributed by atoms with van der Waals surface area (Å²) in [5.74, 6) is -1.70. The Balaban J connectivity index is 2.03. The van der Waals surface area contributed by atoms with E-state index in [1.54, 1.807) is 24.3 Å². The lowest BCUT2D eigenvalue weighted by Gasteiger charge is -2.11. The molecule has 0 amide bonds. The first-order chi connectivity index (χ1) is 14.1. The largest absolute Gasteiger partial charge is 0.478 e. The third-order valence-corrected chi connectivity index (χ3v) is 5.20. The maximum absolute atomic E-state index is 13.3. The zero-order valence-corrected chi connectivity index (χ0v) is 17.1. The average Bonchev–Trinajstić information content (AvgIpc) is 2.69. The van der Waals surface area contributed by atoms with Gasteiger partial charge in [-0.3, -0.25) is 0 Å². The molecule has 30 heavy (non-hydrogen) atoms. The molecule has 0 saturated heterocycles. The van der Waals surface area contributed by atoms with Crippen molar-refractivity contribution >= 4 is 45.1 Å². The lowest BCUT2D eigenvalue weighted by atomic mass is 10.1. The first-order valence-electron chi connectivity index (χ1n) is 8.44. The minimum Gasteiger partial charge on any atom is -0.478 e. The van der Waals surface area contributed by atoms with Gasteiger partial charge in [-0.1, -0.05) is 29.8 Å². The second-order valence-corrected chi connectivity index (χ2v) is 8.57. The number of nitrogens with zero attached hydrogens (tertiary/aromatic N) is 2. The summed E-state index contributed by atoms with van der Waals surface area (Å²) in [6.07, 6.45) is 4.73.